The number of benzene rings is 2. The van der Waals surface area contributed by atoms with Crippen molar-refractivity contribution in [3.05, 3.63) is 70.7 Å². The maximum atomic E-state index is 12.7. The lowest BCUT2D eigenvalue weighted by atomic mass is 9.97. The van der Waals surface area contributed by atoms with E-state index < -0.39 is 0 Å². The van der Waals surface area contributed by atoms with Crippen molar-refractivity contribution in [3.63, 3.8) is 0 Å². The minimum absolute atomic E-state index is 0.0570. The van der Waals surface area contributed by atoms with Gasteiger partial charge in [-0.25, -0.2) is 0 Å². The molecule has 29 heavy (non-hydrogen) atoms. The van der Waals surface area contributed by atoms with Crippen LogP contribution in [0.2, 0.25) is 0 Å². The fraction of sp³-hybridized carbons (Fsp3) is 0.261. The maximum Gasteiger partial charge on any atom is 0.229 e. The molecule has 1 aliphatic heterocycles. The van der Waals surface area contributed by atoms with Gasteiger partial charge in [0, 0.05) is 28.8 Å². The van der Waals surface area contributed by atoms with Gasteiger partial charge in [-0.15, -0.1) is 10.2 Å². The first-order chi connectivity index (χ1) is 14.1. The lowest BCUT2D eigenvalue weighted by Crippen LogP contribution is -2.41. The summed E-state index contributed by atoms with van der Waals surface area (Å²) in [5.74, 6) is 0.815. The Bertz CT molecular complexity index is 989. The molecule has 1 atom stereocenters. The summed E-state index contributed by atoms with van der Waals surface area (Å²) >= 11 is 3.41. The molecule has 0 aliphatic carbocycles. The highest BCUT2D eigenvalue weighted by Gasteiger charge is 2.27. The van der Waals surface area contributed by atoms with Crippen molar-refractivity contribution in [3.8, 4) is 11.3 Å². The second kappa shape index (κ2) is 8.74. The molecule has 1 unspecified atom stereocenters. The van der Waals surface area contributed by atoms with Gasteiger partial charge in [0.2, 0.25) is 5.91 Å². The van der Waals surface area contributed by atoms with Crippen LogP contribution >= 0.6 is 15.9 Å². The van der Waals surface area contributed by atoms with E-state index in [0.717, 1.165) is 46.6 Å². The Labute approximate surface area is 179 Å². The minimum Gasteiger partial charge on any atom is -0.354 e. The summed E-state index contributed by atoms with van der Waals surface area (Å²) in [5.41, 5.74) is 3.96. The zero-order valence-electron chi connectivity index (χ0n) is 16.3. The Morgan fingerprint density at radius 2 is 1.86 bits per heavy atom. The quantitative estimate of drug-likeness (QED) is 0.602. The number of piperidine rings is 1. The molecule has 1 amide bonds. The highest BCUT2D eigenvalue weighted by molar-refractivity contribution is 9.10. The van der Waals surface area contributed by atoms with Crippen molar-refractivity contribution < 1.29 is 4.79 Å². The lowest BCUT2D eigenvalue weighted by Gasteiger charge is -2.32. The van der Waals surface area contributed by atoms with Crippen molar-refractivity contribution in [2.75, 3.05) is 23.3 Å². The number of nitrogens with one attached hydrogen (secondary N) is 1. The molecular weight excluding hydrogens is 428 g/mol. The van der Waals surface area contributed by atoms with Gasteiger partial charge < -0.3 is 10.2 Å². The number of hydrogen-bond donors (Lipinski definition) is 1. The van der Waals surface area contributed by atoms with Gasteiger partial charge in [-0.2, -0.15) is 0 Å². The Balaban J connectivity index is 1.43. The number of rotatable bonds is 4. The Morgan fingerprint density at radius 1 is 1.07 bits per heavy atom. The maximum absolute atomic E-state index is 12.7. The number of aryl methyl sites for hydroxylation is 1. The molecule has 0 saturated carbocycles. The SMILES string of the molecule is Cc1ccccc1-c1ccc(N2CCCC(C(=O)Nc3ccc(Br)cc3)C2)nn1. The van der Waals surface area contributed by atoms with Crippen LogP contribution in [0.5, 0.6) is 0 Å². The average molecular weight is 451 g/mol. The molecule has 1 N–H and O–H groups in total. The van der Waals surface area contributed by atoms with E-state index in [-0.39, 0.29) is 11.8 Å². The van der Waals surface area contributed by atoms with Crippen molar-refractivity contribution in [1.82, 2.24) is 10.2 Å². The van der Waals surface area contributed by atoms with E-state index >= 15 is 0 Å². The second-order valence-electron chi connectivity index (χ2n) is 7.37. The van der Waals surface area contributed by atoms with Gasteiger partial charge in [-0.1, -0.05) is 40.2 Å². The summed E-state index contributed by atoms with van der Waals surface area (Å²) in [7, 11) is 0. The molecule has 148 valence electrons. The van der Waals surface area contributed by atoms with Crippen LogP contribution in [-0.2, 0) is 4.79 Å². The monoisotopic (exact) mass is 450 g/mol. The van der Waals surface area contributed by atoms with Crippen molar-refractivity contribution >= 4 is 33.3 Å². The average Bonchev–Trinajstić information content (AvgIpc) is 2.76. The molecular formula is C23H23BrN4O. The third kappa shape index (κ3) is 4.65. The van der Waals surface area contributed by atoms with Gasteiger partial charge in [0.05, 0.1) is 11.6 Å². The normalized spacial score (nSPS) is 16.5. The zero-order valence-corrected chi connectivity index (χ0v) is 17.9. The summed E-state index contributed by atoms with van der Waals surface area (Å²) < 4.78 is 0.993. The summed E-state index contributed by atoms with van der Waals surface area (Å²) in [5, 5.41) is 11.9. The van der Waals surface area contributed by atoms with E-state index in [1.165, 1.54) is 5.56 Å². The number of aromatic nitrogens is 2. The van der Waals surface area contributed by atoms with Gasteiger partial charge in [-0.05, 0) is 61.7 Å². The summed E-state index contributed by atoms with van der Waals surface area (Å²) in [6.07, 6.45) is 1.84. The van der Waals surface area contributed by atoms with Gasteiger partial charge >= 0.3 is 0 Å². The summed E-state index contributed by atoms with van der Waals surface area (Å²) in [4.78, 5) is 14.9. The fourth-order valence-electron chi connectivity index (χ4n) is 3.67. The Hall–Kier alpha value is -2.73. The number of anilines is 2. The fourth-order valence-corrected chi connectivity index (χ4v) is 3.94. The number of hydrogen-bond acceptors (Lipinski definition) is 4. The first-order valence-electron chi connectivity index (χ1n) is 9.81. The Morgan fingerprint density at radius 3 is 2.59 bits per heavy atom. The summed E-state index contributed by atoms with van der Waals surface area (Å²) in [6, 6.07) is 19.8. The van der Waals surface area contributed by atoms with Crippen LogP contribution in [0.3, 0.4) is 0 Å². The molecule has 4 rings (SSSR count). The van der Waals surface area contributed by atoms with Crippen molar-refractivity contribution in [2.45, 2.75) is 19.8 Å². The molecule has 3 aromatic rings. The number of nitrogens with zero attached hydrogens (tertiary/aromatic N) is 3. The van der Waals surface area contributed by atoms with Crippen LogP contribution in [0.4, 0.5) is 11.5 Å². The first-order valence-corrected chi connectivity index (χ1v) is 10.6. The van der Waals surface area contributed by atoms with Crippen LogP contribution in [0.25, 0.3) is 11.3 Å². The predicted octanol–water partition coefficient (Wildman–Crippen LogP) is 5.07. The third-order valence-corrected chi connectivity index (χ3v) is 5.83. The van der Waals surface area contributed by atoms with E-state index in [2.05, 4.69) is 55.4 Å². The number of halogens is 1. The molecule has 1 aliphatic rings. The molecule has 2 heterocycles. The second-order valence-corrected chi connectivity index (χ2v) is 8.29. The highest BCUT2D eigenvalue weighted by atomic mass is 79.9. The molecule has 0 bridgehead atoms. The standard InChI is InChI=1S/C23H23BrN4O/c1-16-5-2-3-7-20(16)21-12-13-22(27-26-21)28-14-4-6-17(15-28)23(29)25-19-10-8-18(24)9-11-19/h2-3,5,7-13,17H,4,6,14-15H2,1H3,(H,25,29). The predicted molar refractivity (Wildman–Crippen MR) is 120 cm³/mol. The van der Waals surface area contributed by atoms with Gasteiger partial charge in [-0.3, -0.25) is 4.79 Å². The van der Waals surface area contributed by atoms with E-state index in [1.807, 2.05) is 48.5 Å². The number of carbonyl (C=O) groups is 1. The van der Waals surface area contributed by atoms with E-state index in [1.54, 1.807) is 0 Å². The van der Waals surface area contributed by atoms with E-state index in [9.17, 15) is 4.79 Å². The van der Waals surface area contributed by atoms with E-state index in [4.69, 9.17) is 0 Å². The third-order valence-electron chi connectivity index (χ3n) is 5.30. The van der Waals surface area contributed by atoms with Gasteiger partial charge in [0.15, 0.2) is 5.82 Å². The number of carbonyl (C=O) groups excluding carboxylic acids is 1. The number of amides is 1. The zero-order chi connectivity index (χ0) is 20.2. The van der Waals surface area contributed by atoms with Crippen LogP contribution in [0, 0.1) is 12.8 Å². The van der Waals surface area contributed by atoms with Crippen LogP contribution in [0.1, 0.15) is 18.4 Å². The Kier molecular flexibility index (Phi) is 5.90. The molecule has 1 aromatic heterocycles. The van der Waals surface area contributed by atoms with Crippen LogP contribution < -0.4 is 10.2 Å². The van der Waals surface area contributed by atoms with Gasteiger partial charge in [0.25, 0.3) is 0 Å². The molecule has 0 radical (unpaired) electrons. The van der Waals surface area contributed by atoms with Crippen molar-refractivity contribution in [1.29, 1.82) is 0 Å². The lowest BCUT2D eigenvalue weighted by molar-refractivity contribution is -0.120. The summed E-state index contributed by atoms with van der Waals surface area (Å²) in [6.45, 7) is 3.62. The molecule has 1 fully saturated rings. The molecule has 2 aromatic carbocycles. The molecule has 6 heteroatoms. The van der Waals surface area contributed by atoms with E-state index in [0.29, 0.717) is 6.54 Å². The van der Waals surface area contributed by atoms with Crippen molar-refractivity contribution in [2.24, 2.45) is 5.92 Å². The highest BCUT2D eigenvalue weighted by Crippen LogP contribution is 2.25. The molecule has 1 saturated heterocycles. The minimum atomic E-state index is -0.0646. The topological polar surface area (TPSA) is 58.1 Å². The molecule has 0 spiro atoms. The van der Waals surface area contributed by atoms with Crippen LogP contribution in [0.15, 0.2) is 65.1 Å². The van der Waals surface area contributed by atoms with Crippen LogP contribution in [-0.4, -0.2) is 29.2 Å². The first kappa shape index (κ1) is 19.6. The smallest absolute Gasteiger partial charge is 0.229 e. The van der Waals surface area contributed by atoms with Gasteiger partial charge in [0.1, 0.15) is 0 Å². The largest absolute Gasteiger partial charge is 0.354 e. The molecule has 5 nitrogen and oxygen atoms in total.